The standard InChI is InChI=1S/C22H30ClNO5/c1-15(2)13-29-22-18(23)11-17(12-19(22)27-4)8-9-21(26)28-14-20(25)24-10-6-5-7-16(24)3/h8-9,11-12,15-16H,5-7,10,13-14H2,1-4H3/b9-8+/t16-/m1/s1. The maximum atomic E-state index is 12.2. The number of carbonyl (C=O) groups is 2. The van der Waals surface area contributed by atoms with E-state index < -0.39 is 5.97 Å². The SMILES string of the molecule is COc1cc(/C=C/C(=O)OCC(=O)N2CCCC[C@H]2C)cc(Cl)c1OCC(C)C. The molecule has 1 fully saturated rings. The Morgan fingerprint density at radius 2 is 2.07 bits per heavy atom. The van der Waals surface area contributed by atoms with Gasteiger partial charge >= 0.3 is 5.97 Å². The number of carbonyl (C=O) groups excluding carboxylic acids is 2. The first-order valence-corrected chi connectivity index (χ1v) is 10.3. The number of piperidine rings is 1. The number of esters is 1. The minimum Gasteiger partial charge on any atom is -0.493 e. The summed E-state index contributed by atoms with van der Waals surface area (Å²) < 4.78 is 16.2. The fourth-order valence-corrected chi connectivity index (χ4v) is 3.40. The van der Waals surface area contributed by atoms with E-state index in [4.69, 9.17) is 25.8 Å². The molecule has 0 bridgehead atoms. The van der Waals surface area contributed by atoms with Gasteiger partial charge in [-0.2, -0.15) is 0 Å². The topological polar surface area (TPSA) is 65.1 Å². The number of rotatable bonds is 8. The van der Waals surface area contributed by atoms with Crippen molar-refractivity contribution in [1.29, 1.82) is 0 Å². The van der Waals surface area contributed by atoms with Gasteiger partial charge in [0.15, 0.2) is 18.1 Å². The van der Waals surface area contributed by atoms with Crippen molar-refractivity contribution in [2.75, 3.05) is 26.9 Å². The highest BCUT2D eigenvalue weighted by atomic mass is 35.5. The molecule has 0 aromatic heterocycles. The van der Waals surface area contributed by atoms with Gasteiger partial charge in [0.2, 0.25) is 0 Å². The third-order valence-corrected chi connectivity index (χ3v) is 4.97. The number of hydrogen-bond acceptors (Lipinski definition) is 5. The van der Waals surface area contributed by atoms with Gasteiger partial charge in [-0.05, 0) is 55.9 Å². The summed E-state index contributed by atoms with van der Waals surface area (Å²) in [5.41, 5.74) is 0.664. The van der Waals surface area contributed by atoms with Crippen LogP contribution in [0.5, 0.6) is 11.5 Å². The van der Waals surface area contributed by atoms with E-state index >= 15 is 0 Å². The molecule has 1 heterocycles. The highest BCUT2D eigenvalue weighted by molar-refractivity contribution is 6.32. The fraction of sp³-hybridized carbons (Fsp3) is 0.545. The summed E-state index contributed by atoms with van der Waals surface area (Å²) in [6, 6.07) is 3.60. The molecule has 29 heavy (non-hydrogen) atoms. The molecular formula is C22H30ClNO5. The predicted octanol–water partition coefficient (Wildman–Crippen LogP) is 4.34. The zero-order valence-corrected chi connectivity index (χ0v) is 18.3. The zero-order valence-electron chi connectivity index (χ0n) is 17.6. The number of halogens is 1. The molecule has 0 saturated carbocycles. The second kappa shape index (κ2) is 11.1. The van der Waals surface area contributed by atoms with Crippen LogP contribution >= 0.6 is 11.6 Å². The van der Waals surface area contributed by atoms with Gasteiger partial charge in [0.25, 0.3) is 5.91 Å². The Hall–Kier alpha value is -2.21. The highest BCUT2D eigenvalue weighted by Crippen LogP contribution is 2.37. The molecule has 1 atom stereocenters. The maximum Gasteiger partial charge on any atom is 0.331 e. The van der Waals surface area contributed by atoms with Crippen molar-refractivity contribution < 1.29 is 23.8 Å². The normalized spacial score (nSPS) is 16.9. The van der Waals surface area contributed by atoms with Gasteiger partial charge in [0.05, 0.1) is 18.7 Å². The van der Waals surface area contributed by atoms with Crippen molar-refractivity contribution in [2.24, 2.45) is 5.92 Å². The average molecular weight is 424 g/mol. The van der Waals surface area contributed by atoms with Crippen LogP contribution in [0.15, 0.2) is 18.2 Å². The van der Waals surface area contributed by atoms with E-state index in [-0.39, 0.29) is 18.6 Å². The predicted molar refractivity (Wildman–Crippen MR) is 113 cm³/mol. The van der Waals surface area contributed by atoms with Crippen LogP contribution in [0.3, 0.4) is 0 Å². The maximum absolute atomic E-state index is 12.2. The zero-order chi connectivity index (χ0) is 21.4. The summed E-state index contributed by atoms with van der Waals surface area (Å²) in [6.45, 7) is 7.09. The quantitative estimate of drug-likeness (QED) is 0.459. The van der Waals surface area contributed by atoms with Crippen molar-refractivity contribution >= 4 is 29.6 Å². The minimum absolute atomic E-state index is 0.157. The number of likely N-dealkylation sites (tertiary alicyclic amines) is 1. The molecule has 1 aromatic carbocycles. The number of nitrogens with zero attached hydrogens (tertiary/aromatic N) is 1. The van der Waals surface area contributed by atoms with E-state index in [9.17, 15) is 9.59 Å². The molecule has 1 amide bonds. The summed E-state index contributed by atoms with van der Waals surface area (Å²) in [4.78, 5) is 26.0. The first-order valence-electron chi connectivity index (χ1n) is 9.96. The fourth-order valence-electron chi connectivity index (χ4n) is 3.12. The third-order valence-electron chi connectivity index (χ3n) is 4.69. The van der Waals surface area contributed by atoms with Crippen LogP contribution in [0, 0.1) is 5.92 Å². The lowest BCUT2D eigenvalue weighted by Gasteiger charge is -2.33. The lowest BCUT2D eigenvalue weighted by atomic mass is 10.0. The molecule has 0 spiro atoms. The van der Waals surface area contributed by atoms with Crippen LogP contribution in [-0.4, -0.2) is 49.7 Å². The molecule has 1 aromatic rings. The molecule has 160 valence electrons. The van der Waals surface area contributed by atoms with Crippen molar-refractivity contribution in [3.63, 3.8) is 0 Å². The smallest absolute Gasteiger partial charge is 0.331 e. The molecule has 0 N–H and O–H groups in total. The first-order chi connectivity index (χ1) is 13.8. The van der Waals surface area contributed by atoms with E-state index in [1.165, 1.54) is 13.2 Å². The second-order valence-electron chi connectivity index (χ2n) is 7.61. The van der Waals surface area contributed by atoms with Gasteiger partial charge in [-0.3, -0.25) is 4.79 Å². The van der Waals surface area contributed by atoms with E-state index in [1.54, 1.807) is 23.1 Å². The largest absolute Gasteiger partial charge is 0.493 e. The number of amides is 1. The number of benzene rings is 1. The molecule has 0 radical (unpaired) electrons. The van der Waals surface area contributed by atoms with Gasteiger partial charge in [-0.1, -0.05) is 25.4 Å². The van der Waals surface area contributed by atoms with Gasteiger partial charge in [-0.25, -0.2) is 4.79 Å². The van der Waals surface area contributed by atoms with Gasteiger partial charge < -0.3 is 19.1 Å². The van der Waals surface area contributed by atoms with E-state index in [0.29, 0.717) is 34.6 Å². The number of methoxy groups -OCH3 is 1. The van der Waals surface area contributed by atoms with Crippen molar-refractivity contribution in [3.8, 4) is 11.5 Å². The molecular weight excluding hydrogens is 394 g/mol. The van der Waals surface area contributed by atoms with Crippen molar-refractivity contribution in [3.05, 3.63) is 28.8 Å². The molecule has 0 unspecified atom stereocenters. The first kappa shape index (κ1) is 23.1. The molecule has 1 saturated heterocycles. The lowest BCUT2D eigenvalue weighted by Crippen LogP contribution is -2.44. The van der Waals surface area contributed by atoms with Crippen LogP contribution < -0.4 is 9.47 Å². The molecule has 0 aliphatic carbocycles. The summed E-state index contributed by atoms with van der Waals surface area (Å²) in [7, 11) is 1.53. The Balaban J connectivity index is 1.95. The molecule has 6 nitrogen and oxygen atoms in total. The molecule has 1 aliphatic rings. The van der Waals surface area contributed by atoms with Gasteiger partial charge in [0, 0.05) is 18.7 Å². The van der Waals surface area contributed by atoms with Gasteiger partial charge in [-0.15, -0.1) is 0 Å². The van der Waals surface area contributed by atoms with Crippen molar-refractivity contribution in [1.82, 2.24) is 4.90 Å². The molecule has 2 rings (SSSR count). The second-order valence-corrected chi connectivity index (χ2v) is 8.02. The van der Waals surface area contributed by atoms with E-state index in [0.717, 1.165) is 25.8 Å². The third kappa shape index (κ3) is 6.96. The number of ether oxygens (including phenoxy) is 3. The highest BCUT2D eigenvalue weighted by Gasteiger charge is 2.23. The summed E-state index contributed by atoms with van der Waals surface area (Å²) in [5, 5.41) is 0.396. The summed E-state index contributed by atoms with van der Waals surface area (Å²) in [6.07, 6.45) is 5.94. The Morgan fingerprint density at radius 3 is 2.72 bits per heavy atom. The molecule has 7 heteroatoms. The minimum atomic E-state index is -0.585. The van der Waals surface area contributed by atoms with Crippen molar-refractivity contribution in [2.45, 2.75) is 46.1 Å². The van der Waals surface area contributed by atoms with Crippen LogP contribution in [-0.2, 0) is 14.3 Å². The van der Waals surface area contributed by atoms with E-state index in [2.05, 4.69) is 0 Å². The Labute approximate surface area is 177 Å². The van der Waals surface area contributed by atoms with Crippen LogP contribution in [0.25, 0.3) is 6.08 Å². The molecule has 1 aliphatic heterocycles. The summed E-state index contributed by atoms with van der Waals surface area (Å²) in [5.74, 6) is 0.568. The summed E-state index contributed by atoms with van der Waals surface area (Å²) >= 11 is 6.31. The average Bonchev–Trinajstić information content (AvgIpc) is 2.69. The van der Waals surface area contributed by atoms with E-state index in [1.807, 2.05) is 20.8 Å². The van der Waals surface area contributed by atoms with Crippen LogP contribution in [0.2, 0.25) is 5.02 Å². The monoisotopic (exact) mass is 423 g/mol. The Kier molecular flexibility index (Phi) is 8.83. The van der Waals surface area contributed by atoms with Crippen LogP contribution in [0.4, 0.5) is 0 Å². The lowest BCUT2D eigenvalue weighted by molar-refractivity contribution is -0.149. The van der Waals surface area contributed by atoms with Crippen LogP contribution in [0.1, 0.15) is 45.6 Å². The van der Waals surface area contributed by atoms with Gasteiger partial charge in [0.1, 0.15) is 0 Å². The Bertz CT molecular complexity index is 747. The number of hydrogen-bond donors (Lipinski definition) is 0. The Morgan fingerprint density at radius 1 is 1.31 bits per heavy atom.